The van der Waals surface area contributed by atoms with Crippen LogP contribution >= 0.6 is 0 Å². The Labute approximate surface area is 164 Å². The summed E-state index contributed by atoms with van der Waals surface area (Å²) in [6.45, 7) is 3.88. The average molecular weight is 386 g/mol. The molecule has 0 radical (unpaired) electrons. The lowest BCUT2D eigenvalue weighted by Gasteiger charge is -2.43. The molecule has 28 heavy (non-hydrogen) atoms. The van der Waals surface area contributed by atoms with E-state index in [-0.39, 0.29) is 18.1 Å². The van der Waals surface area contributed by atoms with Gasteiger partial charge in [0.05, 0.1) is 24.9 Å². The molecule has 0 N–H and O–H groups in total. The van der Waals surface area contributed by atoms with Gasteiger partial charge in [-0.1, -0.05) is 12.5 Å². The summed E-state index contributed by atoms with van der Waals surface area (Å²) in [5.74, 6) is -0.567. The number of rotatable bonds is 4. The van der Waals surface area contributed by atoms with Crippen molar-refractivity contribution in [2.24, 2.45) is 7.05 Å². The molecule has 0 aliphatic carbocycles. The number of piperidine rings is 1. The molecule has 3 heterocycles. The first-order valence-corrected chi connectivity index (χ1v) is 10.0. The van der Waals surface area contributed by atoms with Gasteiger partial charge in [0.1, 0.15) is 5.82 Å². The summed E-state index contributed by atoms with van der Waals surface area (Å²) < 4.78 is 21.6. The Bertz CT molecular complexity index is 818. The molecule has 0 spiro atoms. The van der Waals surface area contributed by atoms with Crippen LogP contribution in [-0.4, -0.2) is 64.4 Å². The van der Waals surface area contributed by atoms with Gasteiger partial charge in [0, 0.05) is 37.5 Å². The maximum Gasteiger partial charge on any atom is 0.254 e. The Hall–Kier alpha value is -2.25. The number of likely N-dealkylation sites (tertiary alicyclic amines) is 1. The van der Waals surface area contributed by atoms with Gasteiger partial charge in [0.15, 0.2) is 0 Å². The molecule has 4 rings (SSSR count). The number of hydrogen-bond donors (Lipinski definition) is 0. The van der Waals surface area contributed by atoms with Crippen molar-refractivity contribution in [2.45, 2.75) is 31.4 Å². The maximum absolute atomic E-state index is 13.7. The van der Waals surface area contributed by atoms with E-state index in [0.717, 1.165) is 25.2 Å². The second-order valence-corrected chi connectivity index (χ2v) is 7.67. The third kappa shape index (κ3) is 4.10. The molecular weight excluding hydrogens is 359 g/mol. The molecule has 0 saturated carbocycles. The summed E-state index contributed by atoms with van der Waals surface area (Å²) >= 11 is 0. The summed E-state index contributed by atoms with van der Waals surface area (Å²) in [5, 5.41) is 4.30. The molecule has 2 fully saturated rings. The van der Waals surface area contributed by atoms with E-state index in [4.69, 9.17) is 4.74 Å². The second kappa shape index (κ2) is 8.41. The van der Waals surface area contributed by atoms with E-state index >= 15 is 0 Å². The number of aryl methyl sites for hydroxylation is 1. The number of morpholine rings is 1. The number of amides is 1. The highest BCUT2D eigenvalue weighted by Crippen LogP contribution is 2.32. The number of ether oxygens (including phenoxy) is 1. The Morgan fingerprint density at radius 2 is 2.07 bits per heavy atom. The van der Waals surface area contributed by atoms with Crippen molar-refractivity contribution >= 4 is 5.91 Å². The number of nitrogens with zero attached hydrogens (tertiary/aromatic N) is 4. The van der Waals surface area contributed by atoms with Crippen LogP contribution in [0.25, 0.3) is 0 Å². The lowest BCUT2D eigenvalue weighted by Crippen LogP contribution is -2.52. The number of halogens is 1. The zero-order valence-electron chi connectivity index (χ0n) is 16.3. The molecule has 7 heteroatoms. The van der Waals surface area contributed by atoms with Crippen molar-refractivity contribution in [1.82, 2.24) is 19.6 Å². The van der Waals surface area contributed by atoms with E-state index in [1.54, 1.807) is 23.0 Å². The number of hydrogen-bond acceptors (Lipinski definition) is 4. The standard InChI is InChI=1S/C21H27FN4O2/c1-24-14-17(13-23-24)20-19(15-25-8-3-2-4-9-25)28-11-10-26(20)21(27)16-6-5-7-18(22)12-16/h5-7,12-14,19-20H,2-4,8-11,15H2,1H3/t19-,20-/m0/s1. The molecule has 2 aliphatic rings. The Morgan fingerprint density at radius 1 is 1.25 bits per heavy atom. The molecule has 1 aromatic heterocycles. The van der Waals surface area contributed by atoms with Gasteiger partial charge in [-0.05, 0) is 44.1 Å². The van der Waals surface area contributed by atoms with Gasteiger partial charge in [-0.15, -0.1) is 0 Å². The smallest absolute Gasteiger partial charge is 0.254 e. The SMILES string of the molecule is Cn1cc([C@H]2[C@H](CN3CCCCC3)OCCN2C(=O)c2cccc(F)c2)cn1. The van der Waals surface area contributed by atoms with Gasteiger partial charge in [-0.3, -0.25) is 9.48 Å². The molecule has 2 aliphatic heterocycles. The first kappa shape index (κ1) is 19.1. The predicted molar refractivity (Wildman–Crippen MR) is 103 cm³/mol. The van der Waals surface area contributed by atoms with Gasteiger partial charge in [0.2, 0.25) is 0 Å². The lowest BCUT2D eigenvalue weighted by molar-refractivity contribution is -0.0741. The monoisotopic (exact) mass is 386 g/mol. The zero-order chi connectivity index (χ0) is 19.5. The summed E-state index contributed by atoms with van der Waals surface area (Å²) in [7, 11) is 1.87. The molecule has 2 aromatic rings. The van der Waals surface area contributed by atoms with Crippen molar-refractivity contribution in [3.8, 4) is 0 Å². The van der Waals surface area contributed by atoms with Gasteiger partial charge in [0.25, 0.3) is 5.91 Å². The van der Waals surface area contributed by atoms with E-state index in [0.29, 0.717) is 18.7 Å². The molecule has 2 atom stereocenters. The van der Waals surface area contributed by atoms with E-state index in [1.165, 1.54) is 31.4 Å². The fourth-order valence-corrected chi connectivity index (χ4v) is 4.29. The first-order chi connectivity index (χ1) is 13.6. The zero-order valence-corrected chi connectivity index (χ0v) is 16.3. The minimum absolute atomic E-state index is 0.131. The van der Waals surface area contributed by atoms with Gasteiger partial charge in [-0.2, -0.15) is 5.10 Å². The van der Waals surface area contributed by atoms with Crippen molar-refractivity contribution in [3.05, 3.63) is 53.6 Å². The van der Waals surface area contributed by atoms with E-state index in [9.17, 15) is 9.18 Å². The summed E-state index contributed by atoms with van der Waals surface area (Å²) in [6.07, 6.45) is 7.29. The molecule has 150 valence electrons. The second-order valence-electron chi connectivity index (χ2n) is 7.67. The first-order valence-electron chi connectivity index (χ1n) is 10.0. The quantitative estimate of drug-likeness (QED) is 0.811. The van der Waals surface area contributed by atoms with Gasteiger partial charge < -0.3 is 14.5 Å². The highest BCUT2D eigenvalue weighted by atomic mass is 19.1. The van der Waals surface area contributed by atoms with E-state index in [1.807, 2.05) is 18.1 Å². The van der Waals surface area contributed by atoms with Crippen LogP contribution in [0.15, 0.2) is 36.7 Å². The van der Waals surface area contributed by atoms with Crippen molar-refractivity contribution < 1.29 is 13.9 Å². The normalized spacial score (nSPS) is 23.7. The van der Waals surface area contributed by atoms with Gasteiger partial charge >= 0.3 is 0 Å². The van der Waals surface area contributed by atoms with Crippen LogP contribution in [0.1, 0.15) is 41.2 Å². The van der Waals surface area contributed by atoms with Crippen molar-refractivity contribution in [2.75, 3.05) is 32.8 Å². The fourth-order valence-electron chi connectivity index (χ4n) is 4.29. The van der Waals surface area contributed by atoms with Crippen molar-refractivity contribution in [1.29, 1.82) is 0 Å². The minimum Gasteiger partial charge on any atom is -0.373 e. The molecular formula is C21H27FN4O2. The summed E-state index contributed by atoms with van der Waals surface area (Å²) in [5.41, 5.74) is 1.32. The molecule has 2 saturated heterocycles. The Morgan fingerprint density at radius 3 is 2.79 bits per heavy atom. The highest BCUT2D eigenvalue weighted by molar-refractivity contribution is 5.94. The van der Waals surface area contributed by atoms with E-state index < -0.39 is 5.82 Å². The molecule has 0 bridgehead atoms. The molecule has 1 amide bonds. The van der Waals surface area contributed by atoms with Gasteiger partial charge in [-0.25, -0.2) is 4.39 Å². The number of carbonyl (C=O) groups excluding carboxylic acids is 1. The largest absolute Gasteiger partial charge is 0.373 e. The van der Waals surface area contributed by atoms with Crippen LogP contribution in [0.5, 0.6) is 0 Å². The van der Waals surface area contributed by atoms with Crippen LogP contribution in [0.2, 0.25) is 0 Å². The van der Waals surface area contributed by atoms with E-state index in [2.05, 4.69) is 10.00 Å². The lowest BCUT2D eigenvalue weighted by atomic mass is 9.98. The van der Waals surface area contributed by atoms with Crippen LogP contribution in [0.3, 0.4) is 0 Å². The van der Waals surface area contributed by atoms with Crippen molar-refractivity contribution in [3.63, 3.8) is 0 Å². The molecule has 1 aromatic carbocycles. The maximum atomic E-state index is 13.7. The number of benzene rings is 1. The van der Waals surface area contributed by atoms with Crippen LogP contribution < -0.4 is 0 Å². The third-order valence-corrected chi connectivity index (χ3v) is 5.64. The predicted octanol–water partition coefficient (Wildman–Crippen LogP) is 2.63. The topological polar surface area (TPSA) is 50.6 Å². The fraction of sp³-hybridized carbons (Fsp3) is 0.524. The average Bonchev–Trinajstić information content (AvgIpc) is 3.14. The molecule has 6 nitrogen and oxygen atoms in total. The Balaban J connectivity index is 1.62. The number of carbonyl (C=O) groups is 1. The number of aromatic nitrogens is 2. The molecule has 0 unspecified atom stereocenters. The third-order valence-electron chi connectivity index (χ3n) is 5.64. The Kier molecular flexibility index (Phi) is 5.73. The summed E-state index contributed by atoms with van der Waals surface area (Å²) in [6, 6.07) is 5.67. The van der Waals surface area contributed by atoms with Crippen LogP contribution in [0.4, 0.5) is 4.39 Å². The highest BCUT2D eigenvalue weighted by Gasteiger charge is 2.38. The summed E-state index contributed by atoms with van der Waals surface area (Å²) in [4.78, 5) is 17.5. The van der Waals surface area contributed by atoms with Crippen LogP contribution in [-0.2, 0) is 11.8 Å². The minimum atomic E-state index is -0.401. The van der Waals surface area contributed by atoms with Crippen LogP contribution in [0, 0.1) is 5.82 Å².